The molecule has 0 amide bonds. The molecule has 0 bridgehead atoms. The first-order valence-electron chi connectivity index (χ1n) is 8.42. The van der Waals surface area contributed by atoms with Crippen LogP contribution in [0.2, 0.25) is 0 Å². The molecular formula is C19H25NO3. The molecule has 1 atom stereocenters. The number of ketones is 1. The first-order valence-corrected chi connectivity index (χ1v) is 8.42. The van der Waals surface area contributed by atoms with Gasteiger partial charge in [-0.1, -0.05) is 30.3 Å². The molecular weight excluding hydrogens is 290 g/mol. The van der Waals surface area contributed by atoms with Crippen molar-refractivity contribution in [3.05, 3.63) is 47.2 Å². The van der Waals surface area contributed by atoms with Gasteiger partial charge in [-0.15, -0.1) is 0 Å². The molecule has 4 heteroatoms. The van der Waals surface area contributed by atoms with E-state index in [0.29, 0.717) is 0 Å². The number of methoxy groups -OCH3 is 1. The number of rotatable bonds is 5. The number of ether oxygens (including phenoxy) is 2. The van der Waals surface area contributed by atoms with Crippen molar-refractivity contribution in [1.82, 2.24) is 4.90 Å². The maximum atomic E-state index is 12.7. The number of nitrogens with zero attached hydrogens (tertiary/aromatic N) is 1. The molecule has 0 unspecified atom stereocenters. The first kappa shape index (κ1) is 16.2. The fourth-order valence-corrected chi connectivity index (χ4v) is 3.49. The van der Waals surface area contributed by atoms with Gasteiger partial charge >= 0.3 is 0 Å². The monoisotopic (exact) mass is 315 g/mol. The molecule has 3 rings (SSSR count). The fourth-order valence-electron chi connectivity index (χ4n) is 3.49. The van der Waals surface area contributed by atoms with E-state index in [-0.39, 0.29) is 11.7 Å². The Morgan fingerprint density at radius 2 is 2.00 bits per heavy atom. The van der Waals surface area contributed by atoms with Gasteiger partial charge in [0.2, 0.25) is 0 Å². The van der Waals surface area contributed by atoms with Crippen LogP contribution in [0.4, 0.5) is 0 Å². The first-order chi connectivity index (χ1) is 11.3. The largest absolute Gasteiger partial charge is 0.501 e. The molecule has 4 nitrogen and oxygen atoms in total. The SMILES string of the molecule is COC1=C(CN2CCOCC2)C[C@@H](C(=O)c2ccccc2)CC1. The Kier molecular flexibility index (Phi) is 5.47. The summed E-state index contributed by atoms with van der Waals surface area (Å²) < 4.78 is 11.0. The molecule has 1 saturated heterocycles. The van der Waals surface area contributed by atoms with Crippen molar-refractivity contribution < 1.29 is 14.3 Å². The molecule has 0 radical (unpaired) electrons. The molecule has 124 valence electrons. The number of carbonyl (C=O) groups excluding carboxylic acids is 1. The van der Waals surface area contributed by atoms with E-state index in [4.69, 9.17) is 9.47 Å². The fraction of sp³-hybridized carbons (Fsp3) is 0.526. The van der Waals surface area contributed by atoms with Crippen molar-refractivity contribution in [2.75, 3.05) is 40.0 Å². The lowest BCUT2D eigenvalue weighted by Crippen LogP contribution is -2.38. The highest BCUT2D eigenvalue weighted by Gasteiger charge is 2.28. The summed E-state index contributed by atoms with van der Waals surface area (Å²) in [5.74, 6) is 1.42. The lowest BCUT2D eigenvalue weighted by molar-refractivity contribution is 0.0405. The average Bonchev–Trinajstić information content (AvgIpc) is 2.62. The number of benzene rings is 1. The number of allylic oxidation sites excluding steroid dienone is 1. The van der Waals surface area contributed by atoms with Gasteiger partial charge < -0.3 is 9.47 Å². The second-order valence-electron chi connectivity index (χ2n) is 6.29. The summed E-state index contributed by atoms with van der Waals surface area (Å²) in [5, 5.41) is 0. The third kappa shape index (κ3) is 4.01. The van der Waals surface area contributed by atoms with Gasteiger partial charge in [0.05, 0.1) is 26.1 Å². The number of Topliss-reactive ketones (excluding diaryl/α,β-unsaturated/α-hetero) is 1. The number of hydrogen-bond donors (Lipinski definition) is 0. The maximum Gasteiger partial charge on any atom is 0.166 e. The molecule has 0 saturated carbocycles. The highest BCUT2D eigenvalue weighted by molar-refractivity contribution is 5.98. The molecule has 2 aliphatic rings. The quantitative estimate of drug-likeness (QED) is 0.783. The van der Waals surface area contributed by atoms with Crippen LogP contribution in [-0.2, 0) is 9.47 Å². The molecule has 0 aromatic heterocycles. The van der Waals surface area contributed by atoms with E-state index < -0.39 is 0 Å². The minimum absolute atomic E-state index is 0.0762. The summed E-state index contributed by atoms with van der Waals surface area (Å²) in [5.41, 5.74) is 2.11. The standard InChI is InChI=1S/C19H25NO3/c1-22-18-8-7-16(19(21)15-5-3-2-4-6-15)13-17(18)14-20-9-11-23-12-10-20/h2-6,16H,7-14H2,1H3/t16-/m0/s1. The molecule has 1 aliphatic carbocycles. The van der Waals surface area contributed by atoms with Crippen LogP contribution in [0.1, 0.15) is 29.6 Å². The third-order valence-electron chi connectivity index (χ3n) is 4.80. The Bertz CT molecular complexity index is 561. The normalized spacial score (nSPS) is 22.9. The Balaban J connectivity index is 1.69. The van der Waals surface area contributed by atoms with Crippen molar-refractivity contribution in [3.8, 4) is 0 Å². The van der Waals surface area contributed by atoms with Crippen molar-refractivity contribution in [2.24, 2.45) is 5.92 Å². The molecule has 1 aromatic carbocycles. The van der Waals surface area contributed by atoms with Crippen molar-refractivity contribution in [2.45, 2.75) is 19.3 Å². The second kappa shape index (κ2) is 7.75. The van der Waals surface area contributed by atoms with Gasteiger partial charge in [-0.3, -0.25) is 9.69 Å². The van der Waals surface area contributed by atoms with Gasteiger partial charge in [0.25, 0.3) is 0 Å². The zero-order valence-electron chi connectivity index (χ0n) is 13.8. The van der Waals surface area contributed by atoms with Crippen LogP contribution in [-0.4, -0.2) is 50.6 Å². The Morgan fingerprint density at radius 3 is 2.70 bits per heavy atom. The van der Waals surface area contributed by atoms with Crippen molar-refractivity contribution >= 4 is 5.78 Å². The number of carbonyl (C=O) groups is 1. The summed E-state index contributed by atoms with van der Waals surface area (Å²) >= 11 is 0. The number of morpholine rings is 1. The predicted molar refractivity (Wildman–Crippen MR) is 89.4 cm³/mol. The molecule has 0 N–H and O–H groups in total. The van der Waals surface area contributed by atoms with Gasteiger partial charge in [-0.2, -0.15) is 0 Å². The Morgan fingerprint density at radius 1 is 1.26 bits per heavy atom. The molecule has 0 spiro atoms. The lowest BCUT2D eigenvalue weighted by atomic mass is 9.82. The van der Waals surface area contributed by atoms with Gasteiger partial charge in [0, 0.05) is 37.5 Å². The van der Waals surface area contributed by atoms with E-state index in [1.54, 1.807) is 7.11 Å². The van der Waals surface area contributed by atoms with Gasteiger partial charge in [-0.05, 0) is 18.4 Å². The third-order valence-corrected chi connectivity index (χ3v) is 4.80. The molecule has 1 heterocycles. The van der Waals surface area contributed by atoms with Gasteiger partial charge in [-0.25, -0.2) is 0 Å². The van der Waals surface area contributed by atoms with E-state index >= 15 is 0 Å². The smallest absolute Gasteiger partial charge is 0.166 e. The second-order valence-corrected chi connectivity index (χ2v) is 6.29. The Labute approximate surface area is 138 Å². The van der Waals surface area contributed by atoms with Gasteiger partial charge in [0.1, 0.15) is 0 Å². The maximum absolute atomic E-state index is 12.7. The minimum atomic E-state index is 0.0762. The van der Waals surface area contributed by atoms with Crippen LogP contribution >= 0.6 is 0 Å². The van der Waals surface area contributed by atoms with E-state index in [1.807, 2.05) is 30.3 Å². The lowest BCUT2D eigenvalue weighted by Gasteiger charge is -2.32. The van der Waals surface area contributed by atoms with Crippen LogP contribution in [0.3, 0.4) is 0 Å². The van der Waals surface area contributed by atoms with E-state index in [0.717, 1.165) is 63.4 Å². The van der Waals surface area contributed by atoms with Crippen molar-refractivity contribution in [1.29, 1.82) is 0 Å². The van der Waals surface area contributed by atoms with Crippen LogP contribution in [0.15, 0.2) is 41.7 Å². The highest BCUT2D eigenvalue weighted by Crippen LogP contribution is 2.32. The predicted octanol–water partition coefficient (Wildman–Crippen LogP) is 2.90. The van der Waals surface area contributed by atoms with E-state index in [9.17, 15) is 4.79 Å². The van der Waals surface area contributed by atoms with Crippen molar-refractivity contribution in [3.63, 3.8) is 0 Å². The summed E-state index contributed by atoms with van der Waals surface area (Å²) in [6, 6.07) is 9.64. The van der Waals surface area contributed by atoms with E-state index in [2.05, 4.69) is 4.90 Å². The Hall–Kier alpha value is -1.65. The number of hydrogen-bond acceptors (Lipinski definition) is 4. The summed E-state index contributed by atoms with van der Waals surface area (Å²) in [6.07, 6.45) is 2.55. The average molecular weight is 315 g/mol. The summed E-state index contributed by atoms with van der Waals surface area (Å²) in [6.45, 7) is 4.39. The van der Waals surface area contributed by atoms with Gasteiger partial charge in [0.15, 0.2) is 5.78 Å². The van der Waals surface area contributed by atoms with Crippen LogP contribution in [0, 0.1) is 5.92 Å². The van der Waals surface area contributed by atoms with Crippen LogP contribution < -0.4 is 0 Å². The molecule has 23 heavy (non-hydrogen) atoms. The van der Waals surface area contributed by atoms with Crippen LogP contribution in [0.5, 0.6) is 0 Å². The van der Waals surface area contributed by atoms with E-state index in [1.165, 1.54) is 5.57 Å². The molecule has 1 aliphatic heterocycles. The summed E-state index contributed by atoms with van der Waals surface area (Å²) in [4.78, 5) is 15.1. The highest BCUT2D eigenvalue weighted by atomic mass is 16.5. The zero-order chi connectivity index (χ0) is 16.1. The summed E-state index contributed by atoms with van der Waals surface area (Å²) in [7, 11) is 1.74. The van der Waals surface area contributed by atoms with Crippen LogP contribution in [0.25, 0.3) is 0 Å². The zero-order valence-corrected chi connectivity index (χ0v) is 13.8. The topological polar surface area (TPSA) is 38.8 Å². The minimum Gasteiger partial charge on any atom is -0.501 e. The molecule has 1 aromatic rings. The molecule has 1 fully saturated rings.